The van der Waals surface area contributed by atoms with E-state index < -0.39 is 33.2 Å². The van der Waals surface area contributed by atoms with Gasteiger partial charge in [0.2, 0.25) is 5.95 Å². The highest BCUT2D eigenvalue weighted by Gasteiger charge is 2.40. The summed E-state index contributed by atoms with van der Waals surface area (Å²) < 4.78 is 68.4. The van der Waals surface area contributed by atoms with E-state index >= 15 is 0 Å². The molecule has 3 aromatic rings. The molecule has 2 aliphatic heterocycles. The van der Waals surface area contributed by atoms with Crippen molar-refractivity contribution < 1.29 is 26.4 Å². The van der Waals surface area contributed by atoms with Crippen LogP contribution in [-0.2, 0) is 29.0 Å². The third-order valence-electron chi connectivity index (χ3n) is 8.01. The average Bonchev–Trinajstić information content (AvgIpc) is 3.32. The van der Waals surface area contributed by atoms with Gasteiger partial charge in [0.25, 0.3) is 5.91 Å². The van der Waals surface area contributed by atoms with Crippen LogP contribution in [0.3, 0.4) is 0 Å². The number of thiophene rings is 1. The van der Waals surface area contributed by atoms with E-state index in [1.165, 1.54) is 0 Å². The summed E-state index contributed by atoms with van der Waals surface area (Å²) in [6, 6.07) is 4.79. The molecule has 4 heterocycles. The predicted molar refractivity (Wildman–Crippen MR) is 150 cm³/mol. The number of fused-ring (bicyclic) bond motifs is 2. The van der Waals surface area contributed by atoms with Gasteiger partial charge in [-0.15, -0.1) is 11.3 Å². The predicted octanol–water partition coefficient (Wildman–Crippen LogP) is 5.78. The van der Waals surface area contributed by atoms with Gasteiger partial charge in [0.1, 0.15) is 10.4 Å². The Morgan fingerprint density at radius 3 is 2.63 bits per heavy atom. The quantitative estimate of drug-likeness (QED) is 0.384. The van der Waals surface area contributed by atoms with Gasteiger partial charge < -0.3 is 10.2 Å². The van der Waals surface area contributed by atoms with Gasteiger partial charge in [-0.3, -0.25) is 9.69 Å². The standard InChI is InChI=1S/C27H27ClF3N5O3S2/c1-2-35-7-6-15-11-20(19(28)10-16(15)14-35)33-26-32-13-18(27(29,30)31)23(34-26)21-12-22-24(40-21)25(37)36(17-4-3-5-17)8-9-41(22,38)39/h10-13,17H,2-9,14H2,1H3,(H,32,33,34). The van der Waals surface area contributed by atoms with Crippen LogP contribution in [0.25, 0.3) is 10.6 Å². The zero-order chi connectivity index (χ0) is 29.1. The van der Waals surface area contributed by atoms with E-state index in [1.54, 1.807) is 4.90 Å². The van der Waals surface area contributed by atoms with Gasteiger partial charge >= 0.3 is 6.18 Å². The summed E-state index contributed by atoms with van der Waals surface area (Å²) in [5.41, 5.74) is 0.993. The molecule has 1 amide bonds. The minimum Gasteiger partial charge on any atom is -0.334 e. The normalized spacial score (nSPS) is 19.3. The molecule has 1 fully saturated rings. The number of rotatable bonds is 5. The van der Waals surface area contributed by atoms with E-state index in [4.69, 9.17) is 11.6 Å². The van der Waals surface area contributed by atoms with Gasteiger partial charge in [0.15, 0.2) is 9.84 Å². The third kappa shape index (κ3) is 5.33. The van der Waals surface area contributed by atoms with E-state index in [-0.39, 0.29) is 38.9 Å². The SMILES string of the molecule is CCN1CCc2cc(Nc3ncc(C(F)(F)F)c(-c4cc5c(s4)C(=O)N(C4CCC4)CCS5(=O)=O)n3)c(Cl)cc2C1. The summed E-state index contributed by atoms with van der Waals surface area (Å²) in [6.07, 6.45) is -0.847. The van der Waals surface area contributed by atoms with Crippen LogP contribution in [0, 0.1) is 0 Å². The van der Waals surface area contributed by atoms with Gasteiger partial charge in [-0.1, -0.05) is 18.5 Å². The maximum Gasteiger partial charge on any atom is 0.420 e. The van der Waals surface area contributed by atoms with Crippen LogP contribution in [0.2, 0.25) is 5.02 Å². The second kappa shape index (κ2) is 10.5. The molecule has 0 spiro atoms. The van der Waals surface area contributed by atoms with Crippen LogP contribution < -0.4 is 5.32 Å². The lowest BCUT2D eigenvalue weighted by atomic mass is 9.91. The fraction of sp³-hybridized carbons (Fsp3) is 0.444. The highest BCUT2D eigenvalue weighted by Crippen LogP contribution is 2.43. The fourth-order valence-corrected chi connectivity index (χ4v) is 8.59. The average molecular weight is 626 g/mol. The number of nitrogens with one attached hydrogen (secondary N) is 1. The number of carbonyl (C=O) groups excluding carboxylic acids is 1. The minimum absolute atomic E-state index is 0.0544. The molecular weight excluding hydrogens is 599 g/mol. The first kappa shape index (κ1) is 28.4. The molecule has 1 aliphatic carbocycles. The Morgan fingerprint density at radius 2 is 1.95 bits per heavy atom. The molecular formula is C27H27ClF3N5O3S2. The number of anilines is 2. The minimum atomic E-state index is -4.81. The molecule has 1 aromatic carbocycles. The van der Waals surface area contributed by atoms with Crippen LogP contribution in [-0.4, -0.2) is 65.5 Å². The topological polar surface area (TPSA) is 95.5 Å². The summed E-state index contributed by atoms with van der Waals surface area (Å²) in [5.74, 6) is -0.881. The number of hydrogen-bond donors (Lipinski definition) is 1. The van der Waals surface area contributed by atoms with E-state index in [0.717, 1.165) is 73.8 Å². The first-order valence-electron chi connectivity index (χ1n) is 13.4. The molecule has 0 atom stereocenters. The number of aromatic nitrogens is 2. The van der Waals surface area contributed by atoms with E-state index in [0.29, 0.717) is 16.9 Å². The van der Waals surface area contributed by atoms with Crippen molar-refractivity contribution in [3.8, 4) is 10.6 Å². The van der Waals surface area contributed by atoms with Gasteiger partial charge in [-0.05, 0) is 61.6 Å². The number of halogens is 4. The number of alkyl halides is 3. The summed E-state index contributed by atoms with van der Waals surface area (Å²) >= 11 is 7.24. The van der Waals surface area contributed by atoms with Crippen molar-refractivity contribution in [2.75, 3.05) is 30.7 Å². The monoisotopic (exact) mass is 625 g/mol. The molecule has 41 heavy (non-hydrogen) atoms. The van der Waals surface area contributed by atoms with Crippen molar-refractivity contribution in [3.63, 3.8) is 0 Å². The Morgan fingerprint density at radius 1 is 1.17 bits per heavy atom. The van der Waals surface area contributed by atoms with Gasteiger partial charge in [0, 0.05) is 31.9 Å². The van der Waals surface area contributed by atoms with Crippen LogP contribution in [0.1, 0.15) is 52.5 Å². The first-order chi connectivity index (χ1) is 19.4. The summed E-state index contributed by atoms with van der Waals surface area (Å²) in [7, 11) is -3.89. The maximum atomic E-state index is 14.1. The van der Waals surface area contributed by atoms with E-state index in [9.17, 15) is 26.4 Å². The van der Waals surface area contributed by atoms with Gasteiger partial charge in [-0.25, -0.2) is 18.4 Å². The number of hydrogen-bond acceptors (Lipinski definition) is 8. The Labute approximate surface area is 244 Å². The van der Waals surface area contributed by atoms with Crippen LogP contribution in [0.4, 0.5) is 24.8 Å². The number of nitrogens with zero attached hydrogens (tertiary/aromatic N) is 4. The molecule has 6 rings (SSSR count). The van der Waals surface area contributed by atoms with Crippen molar-refractivity contribution >= 4 is 50.3 Å². The number of likely N-dealkylation sites (N-methyl/N-ethyl adjacent to an activating group) is 1. The zero-order valence-corrected chi connectivity index (χ0v) is 24.5. The van der Waals surface area contributed by atoms with Crippen molar-refractivity contribution in [2.24, 2.45) is 0 Å². The highest BCUT2D eigenvalue weighted by molar-refractivity contribution is 7.91. The Bertz CT molecular complexity index is 1640. The summed E-state index contributed by atoms with van der Waals surface area (Å²) in [4.78, 5) is 24.9. The van der Waals surface area contributed by atoms with E-state index in [1.807, 2.05) is 12.1 Å². The number of amides is 1. The lowest BCUT2D eigenvalue weighted by Crippen LogP contribution is -2.44. The maximum absolute atomic E-state index is 14.1. The van der Waals surface area contributed by atoms with Crippen molar-refractivity contribution in [1.29, 1.82) is 0 Å². The van der Waals surface area contributed by atoms with Crippen molar-refractivity contribution in [1.82, 2.24) is 19.8 Å². The fourth-order valence-electron chi connectivity index (χ4n) is 5.44. The van der Waals surface area contributed by atoms with Gasteiger partial charge in [0.05, 0.1) is 31.9 Å². The lowest BCUT2D eigenvalue weighted by molar-refractivity contribution is -0.137. The molecule has 1 N–H and O–H groups in total. The largest absolute Gasteiger partial charge is 0.420 e. The number of carbonyl (C=O) groups is 1. The Kier molecular flexibility index (Phi) is 7.28. The number of sulfone groups is 1. The number of benzene rings is 1. The summed E-state index contributed by atoms with van der Waals surface area (Å²) in [5, 5.41) is 3.32. The molecule has 3 aliphatic rings. The molecule has 0 radical (unpaired) electrons. The molecule has 14 heteroatoms. The molecule has 0 unspecified atom stereocenters. The molecule has 8 nitrogen and oxygen atoms in total. The second-order valence-electron chi connectivity index (χ2n) is 10.5. The molecule has 218 valence electrons. The second-order valence-corrected chi connectivity index (χ2v) is 14.0. The zero-order valence-electron chi connectivity index (χ0n) is 22.1. The Hall–Kier alpha value is -2.74. The van der Waals surface area contributed by atoms with Crippen molar-refractivity contribution in [3.05, 3.63) is 51.0 Å². The van der Waals surface area contributed by atoms with E-state index in [2.05, 4.69) is 27.1 Å². The summed E-state index contributed by atoms with van der Waals surface area (Å²) in [6.45, 7) is 4.71. The van der Waals surface area contributed by atoms with Crippen LogP contribution in [0.5, 0.6) is 0 Å². The molecule has 2 aromatic heterocycles. The lowest BCUT2D eigenvalue weighted by Gasteiger charge is -2.36. The third-order valence-corrected chi connectivity index (χ3v) is 11.3. The molecule has 0 bridgehead atoms. The molecule has 1 saturated carbocycles. The Balaban J connectivity index is 1.39. The van der Waals surface area contributed by atoms with Crippen LogP contribution >= 0.6 is 22.9 Å². The van der Waals surface area contributed by atoms with Crippen LogP contribution in [0.15, 0.2) is 29.3 Å². The highest BCUT2D eigenvalue weighted by atomic mass is 35.5. The smallest absolute Gasteiger partial charge is 0.334 e. The van der Waals surface area contributed by atoms with Crippen molar-refractivity contribution in [2.45, 2.75) is 56.3 Å². The first-order valence-corrected chi connectivity index (χ1v) is 16.2. The van der Waals surface area contributed by atoms with Gasteiger partial charge in [-0.2, -0.15) is 13.2 Å². The molecule has 0 saturated heterocycles.